The summed E-state index contributed by atoms with van der Waals surface area (Å²) in [6.07, 6.45) is 3.92. The van der Waals surface area contributed by atoms with Gasteiger partial charge in [0.1, 0.15) is 0 Å². The minimum absolute atomic E-state index is 0.195. The van der Waals surface area contributed by atoms with Crippen LogP contribution in [0.5, 0.6) is 0 Å². The molecule has 1 aromatic rings. The highest BCUT2D eigenvalue weighted by Crippen LogP contribution is 2.34. The van der Waals surface area contributed by atoms with Gasteiger partial charge in [-0.05, 0) is 69.2 Å². The van der Waals surface area contributed by atoms with Crippen molar-refractivity contribution in [3.05, 3.63) is 40.0 Å². The van der Waals surface area contributed by atoms with Gasteiger partial charge in [0.25, 0.3) is 0 Å². The third kappa shape index (κ3) is 3.13. The molecule has 0 fully saturated rings. The molecular weight excluding hydrogens is 274 g/mol. The van der Waals surface area contributed by atoms with E-state index in [9.17, 15) is 4.79 Å². The lowest BCUT2D eigenvalue weighted by Gasteiger charge is -2.10. The lowest BCUT2D eigenvalue weighted by Crippen LogP contribution is -2.03. The largest absolute Gasteiger partial charge is 0.404 e. The van der Waals surface area contributed by atoms with Gasteiger partial charge < -0.3 is 4.74 Å². The van der Waals surface area contributed by atoms with Crippen LogP contribution in [0.2, 0.25) is 0 Å². The third-order valence-electron chi connectivity index (χ3n) is 4.20. The van der Waals surface area contributed by atoms with Gasteiger partial charge in [-0.1, -0.05) is 19.9 Å². The van der Waals surface area contributed by atoms with Gasteiger partial charge in [-0.2, -0.15) is 0 Å². The van der Waals surface area contributed by atoms with Crippen LogP contribution in [0.3, 0.4) is 0 Å². The average Bonchev–Trinajstić information content (AvgIpc) is 2.84. The molecule has 0 spiro atoms. The van der Waals surface area contributed by atoms with Crippen LogP contribution in [0.25, 0.3) is 0 Å². The standard InChI is InChI=1S/C17H19NO2.C2H6/c1-10-8-12(3)15(9-11(10)2)18-16-13-6-4-5-7-14(13)17(19)20-16;1-2/h8-9H,4-7H2,1-3H3;1-2H3. The Balaban J connectivity index is 0.000000847. The van der Waals surface area contributed by atoms with Gasteiger partial charge in [-0.25, -0.2) is 9.79 Å². The molecule has 1 aromatic carbocycles. The normalized spacial score (nSPS) is 18.8. The summed E-state index contributed by atoms with van der Waals surface area (Å²) in [6.45, 7) is 10.2. The quantitative estimate of drug-likeness (QED) is 0.677. The number of benzene rings is 1. The second kappa shape index (κ2) is 6.91. The Kier molecular flexibility index (Phi) is 5.17. The van der Waals surface area contributed by atoms with E-state index < -0.39 is 0 Å². The fourth-order valence-corrected chi connectivity index (χ4v) is 2.84. The van der Waals surface area contributed by atoms with Gasteiger partial charge in [0.15, 0.2) is 0 Å². The van der Waals surface area contributed by atoms with Gasteiger partial charge in [0.2, 0.25) is 5.90 Å². The first-order chi connectivity index (χ1) is 10.6. The molecule has 2 aliphatic rings. The summed E-state index contributed by atoms with van der Waals surface area (Å²) in [7, 11) is 0. The molecule has 3 rings (SSSR count). The molecule has 3 heteroatoms. The minimum Gasteiger partial charge on any atom is -0.404 e. The maximum absolute atomic E-state index is 11.9. The van der Waals surface area contributed by atoms with E-state index in [-0.39, 0.29) is 5.97 Å². The van der Waals surface area contributed by atoms with Crippen molar-refractivity contribution in [2.45, 2.75) is 60.3 Å². The van der Waals surface area contributed by atoms with Crippen LogP contribution in [0, 0.1) is 20.8 Å². The lowest BCUT2D eigenvalue weighted by atomic mass is 9.93. The predicted molar refractivity (Wildman–Crippen MR) is 90.7 cm³/mol. The molecule has 0 amide bonds. The van der Waals surface area contributed by atoms with Crippen molar-refractivity contribution in [2.75, 3.05) is 0 Å². The fraction of sp³-hybridized carbons (Fsp3) is 0.474. The highest BCUT2D eigenvalue weighted by molar-refractivity contribution is 6.15. The molecule has 0 unspecified atom stereocenters. The highest BCUT2D eigenvalue weighted by Gasteiger charge is 2.32. The summed E-state index contributed by atoms with van der Waals surface area (Å²) in [6, 6.07) is 4.19. The monoisotopic (exact) mass is 299 g/mol. The molecule has 1 aliphatic carbocycles. The number of aliphatic imine (C=N–C) groups is 1. The molecule has 0 bridgehead atoms. The number of cyclic esters (lactones) is 1. The van der Waals surface area contributed by atoms with E-state index in [0.717, 1.165) is 48.1 Å². The Morgan fingerprint density at radius 2 is 1.50 bits per heavy atom. The van der Waals surface area contributed by atoms with E-state index in [1.165, 1.54) is 11.1 Å². The Labute approximate surface area is 133 Å². The summed E-state index contributed by atoms with van der Waals surface area (Å²) in [5, 5.41) is 0. The Hall–Kier alpha value is -1.90. The molecule has 1 heterocycles. The topological polar surface area (TPSA) is 38.7 Å². The second-order valence-corrected chi connectivity index (χ2v) is 5.69. The zero-order chi connectivity index (χ0) is 16.3. The van der Waals surface area contributed by atoms with Gasteiger partial charge >= 0.3 is 5.97 Å². The number of hydrogen-bond acceptors (Lipinski definition) is 3. The second-order valence-electron chi connectivity index (χ2n) is 5.69. The van der Waals surface area contributed by atoms with Gasteiger partial charge in [-0.15, -0.1) is 0 Å². The van der Waals surface area contributed by atoms with E-state index in [4.69, 9.17) is 4.74 Å². The molecule has 0 radical (unpaired) electrons. The summed E-state index contributed by atoms with van der Waals surface area (Å²) in [5.41, 5.74) is 6.34. The van der Waals surface area contributed by atoms with Gasteiger partial charge in [0, 0.05) is 11.1 Å². The van der Waals surface area contributed by atoms with Crippen molar-refractivity contribution >= 4 is 17.6 Å². The molecule has 3 nitrogen and oxygen atoms in total. The summed E-state index contributed by atoms with van der Waals surface area (Å²) in [4.78, 5) is 16.5. The van der Waals surface area contributed by atoms with Gasteiger partial charge in [0.05, 0.1) is 5.69 Å². The van der Waals surface area contributed by atoms with Crippen molar-refractivity contribution in [3.63, 3.8) is 0 Å². The van der Waals surface area contributed by atoms with E-state index >= 15 is 0 Å². The van der Waals surface area contributed by atoms with Crippen molar-refractivity contribution in [2.24, 2.45) is 4.99 Å². The van der Waals surface area contributed by atoms with Crippen LogP contribution >= 0.6 is 0 Å². The van der Waals surface area contributed by atoms with E-state index in [2.05, 4.69) is 31.0 Å². The first-order valence-corrected chi connectivity index (χ1v) is 8.17. The number of esters is 1. The van der Waals surface area contributed by atoms with Gasteiger partial charge in [-0.3, -0.25) is 0 Å². The minimum atomic E-state index is -0.195. The number of ether oxygens (including phenoxy) is 1. The average molecular weight is 299 g/mol. The smallest absolute Gasteiger partial charge is 0.341 e. The maximum atomic E-state index is 11.9. The zero-order valence-corrected chi connectivity index (χ0v) is 14.2. The number of carbonyl (C=O) groups is 1. The highest BCUT2D eigenvalue weighted by atomic mass is 16.5. The number of carbonyl (C=O) groups excluding carboxylic acids is 1. The SMILES string of the molecule is CC.Cc1cc(C)c(N=C2OC(=O)C3=C2CCCC3)cc1C. The molecule has 0 aromatic heterocycles. The van der Waals surface area contributed by atoms with E-state index in [1.807, 2.05) is 20.8 Å². The number of aryl methyl sites for hydroxylation is 3. The number of nitrogens with zero attached hydrogens (tertiary/aromatic N) is 1. The third-order valence-corrected chi connectivity index (χ3v) is 4.20. The Morgan fingerprint density at radius 1 is 0.909 bits per heavy atom. The van der Waals surface area contributed by atoms with Crippen molar-refractivity contribution in [1.29, 1.82) is 0 Å². The maximum Gasteiger partial charge on any atom is 0.341 e. The number of rotatable bonds is 1. The van der Waals surface area contributed by atoms with Crippen molar-refractivity contribution in [3.8, 4) is 0 Å². The molecule has 0 saturated carbocycles. The molecule has 22 heavy (non-hydrogen) atoms. The van der Waals surface area contributed by atoms with Crippen LogP contribution < -0.4 is 0 Å². The summed E-state index contributed by atoms with van der Waals surface area (Å²) < 4.78 is 5.37. The summed E-state index contributed by atoms with van der Waals surface area (Å²) >= 11 is 0. The fourth-order valence-electron chi connectivity index (χ4n) is 2.84. The molecule has 0 saturated heterocycles. The number of hydrogen-bond donors (Lipinski definition) is 0. The lowest BCUT2D eigenvalue weighted by molar-refractivity contribution is -0.130. The molecule has 0 atom stereocenters. The summed E-state index contributed by atoms with van der Waals surface area (Å²) in [5.74, 6) is 0.330. The zero-order valence-electron chi connectivity index (χ0n) is 14.2. The van der Waals surface area contributed by atoms with Crippen LogP contribution in [0.1, 0.15) is 56.2 Å². The first-order valence-electron chi connectivity index (χ1n) is 8.17. The van der Waals surface area contributed by atoms with E-state index in [0.29, 0.717) is 5.90 Å². The first kappa shape index (κ1) is 16.5. The molecular formula is C19H25NO2. The van der Waals surface area contributed by atoms with E-state index in [1.54, 1.807) is 0 Å². The van der Waals surface area contributed by atoms with Crippen molar-refractivity contribution in [1.82, 2.24) is 0 Å². The van der Waals surface area contributed by atoms with Crippen LogP contribution in [0.4, 0.5) is 5.69 Å². The van der Waals surface area contributed by atoms with Crippen molar-refractivity contribution < 1.29 is 9.53 Å². The predicted octanol–water partition coefficient (Wildman–Crippen LogP) is 5.10. The molecule has 0 N–H and O–H groups in total. The Bertz CT molecular complexity index is 654. The Morgan fingerprint density at radius 3 is 2.18 bits per heavy atom. The van der Waals surface area contributed by atoms with Crippen LogP contribution in [0.15, 0.2) is 28.3 Å². The molecule has 1 aliphatic heterocycles. The molecule has 118 valence electrons. The van der Waals surface area contributed by atoms with Crippen LogP contribution in [-0.4, -0.2) is 11.9 Å². The van der Waals surface area contributed by atoms with Crippen LogP contribution in [-0.2, 0) is 9.53 Å².